The first kappa shape index (κ1) is 13.4. The van der Waals surface area contributed by atoms with Crippen molar-refractivity contribution in [3.8, 4) is 0 Å². The smallest absolute Gasteiger partial charge is 0.263 e. The van der Waals surface area contributed by atoms with Crippen LogP contribution in [-0.4, -0.2) is 10.9 Å². The van der Waals surface area contributed by atoms with Crippen LogP contribution in [0, 0.1) is 0 Å². The number of hydrogen-bond donors (Lipinski definition) is 2. The fourth-order valence-electron chi connectivity index (χ4n) is 1.83. The number of thiophene rings is 1. The van der Waals surface area contributed by atoms with E-state index in [-0.39, 0.29) is 5.91 Å². The minimum atomic E-state index is -0.187. The number of thiazole rings is 1. The van der Waals surface area contributed by atoms with Gasteiger partial charge in [-0.15, -0.1) is 22.7 Å². The zero-order valence-corrected chi connectivity index (χ0v) is 12.6. The van der Waals surface area contributed by atoms with Gasteiger partial charge >= 0.3 is 0 Å². The molecule has 0 unspecified atom stereocenters. The van der Waals surface area contributed by atoms with Gasteiger partial charge in [-0.05, 0) is 18.2 Å². The van der Waals surface area contributed by atoms with Gasteiger partial charge in [-0.3, -0.25) is 4.79 Å². The van der Waals surface area contributed by atoms with Crippen molar-refractivity contribution < 1.29 is 4.79 Å². The summed E-state index contributed by atoms with van der Waals surface area (Å²) in [6, 6.07) is 5.44. The number of nitrogens with one attached hydrogen (secondary N) is 1. The summed E-state index contributed by atoms with van der Waals surface area (Å²) in [4.78, 5) is 16.8. The Morgan fingerprint density at radius 2 is 2.30 bits per heavy atom. The number of amides is 1. The number of hydrogen-bond acceptors (Lipinski definition) is 5. The Labute approximate surface area is 128 Å². The van der Waals surface area contributed by atoms with Crippen LogP contribution in [0.1, 0.15) is 15.4 Å². The van der Waals surface area contributed by atoms with E-state index in [2.05, 4.69) is 10.3 Å². The van der Waals surface area contributed by atoms with Crippen molar-refractivity contribution in [2.24, 2.45) is 0 Å². The molecule has 3 rings (SSSR count). The summed E-state index contributed by atoms with van der Waals surface area (Å²) < 4.78 is 0.950. The Kier molecular flexibility index (Phi) is 3.60. The number of benzene rings is 1. The topological polar surface area (TPSA) is 68.0 Å². The van der Waals surface area contributed by atoms with Crippen LogP contribution in [0.4, 0.5) is 5.69 Å². The lowest BCUT2D eigenvalue weighted by atomic mass is 10.2. The fourth-order valence-corrected chi connectivity index (χ4v) is 3.58. The van der Waals surface area contributed by atoms with Crippen LogP contribution < -0.4 is 11.1 Å². The summed E-state index contributed by atoms with van der Waals surface area (Å²) in [7, 11) is 0. The second kappa shape index (κ2) is 5.40. The van der Waals surface area contributed by atoms with Gasteiger partial charge in [0.25, 0.3) is 5.91 Å². The van der Waals surface area contributed by atoms with Crippen molar-refractivity contribution in [3.05, 3.63) is 44.7 Å². The Bertz CT molecular complexity index is 767. The van der Waals surface area contributed by atoms with Gasteiger partial charge in [0.05, 0.1) is 23.4 Å². The highest BCUT2D eigenvalue weighted by Gasteiger charge is 2.16. The molecule has 0 fully saturated rings. The molecule has 0 saturated carbocycles. The summed E-state index contributed by atoms with van der Waals surface area (Å²) in [6.07, 6.45) is 0. The van der Waals surface area contributed by atoms with Crippen molar-refractivity contribution in [3.63, 3.8) is 0 Å². The molecule has 20 heavy (non-hydrogen) atoms. The number of anilines is 1. The highest BCUT2D eigenvalue weighted by molar-refractivity contribution is 7.21. The molecule has 0 aliphatic carbocycles. The van der Waals surface area contributed by atoms with Gasteiger partial charge in [-0.25, -0.2) is 4.98 Å². The second-order valence-electron chi connectivity index (χ2n) is 4.15. The number of halogens is 1. The maximum absolute atomic E-state index is 12.2. The first-order valence-electron chi connectivity index (χ1n) is 5.78. The fraction of sp³-hybridized carbons (Fsp3) is 0.0769. The second-order valence-corrected chi connectivity index (χ2v) is 6.36. The molecule has 0 aliphatic rings. The third-order valence-electron chi connectivity index (χ3n) is 2.81. The Balaban J connectivity index is 1.86. The van der Waals surface area contributed by atoms with Crippen LogP contribution in [-0.2, 0) is 6.54 Å². The highest BCUT2D eigenvalue weighted by Crippen LogP contribution is 2.35. The molecule has 102 valence electrons. The maximum Gasteiger partial charge on any atom is 0.263 e. The third kappa shape index (κ3) is 2.49. The van der Waals surface area contributed by atoms with Crippen molar-refractivity contribution in [1.29, 1.82) is 0 Å². The molecule has 3 N–H and O–H groups in total. The van der Waals surface area contributed by atoms with Crippen LogP contribution in [0.25, 0.3) is 10.1 Å². The van der Waals surface area contributed by atoms with E-state index in [0.29, 0.717) is 22.1 Å². The van der Waals surface area contributed by atoms with E-state index in [1.165, 1.54) is 22.7 Å². The lowest BCUT2D eigenvalue weighted by Gasteiger charge is -2.02. The minimum Gasteiger partial charge on any atom is -0.397 e. The summed E-state index contributed by atoms with van der Waals surface area (Å²) in [6.45, 7) is 0.400. The molecule has 0 saturated heterocycles. The molecule has 0 spiro atoms. The van der Waals surface area contributed by atoms with E-state index in [0.717, 1.165) is 15.8 Å². The summed E-state index contributed by atoms with van der Waals surface area (Å²) >= 11 is 8.81. The van der Waals surface area contributed by atoms with E-state index in [9.17, 15) is 4.79 Å². The summed E-state index contributed by atoms with van der Waals surface area (Å²) in [5.41, 5.74) is 9.08. The zero-order chi connectivity index (χ0) is 14.1. The Morgan fingerprint density at radius 1 is 1.45 bits per heavy atom. The van der Waals surface area contributed by atoms with Gasteiger partial charge in [-0.2, -0.15) is 0 Å². The number of carbonyl (C=O) groups is 1. The van der Waals surface area contributed by atoms with Crippen LogP contribution in [0.3, 0.4) is 0 Å². The van der Waals surface area contributed by atoms with Gasteiger partial charge in [0.1, 0.15) is 4.88 Å². The molecule has 0 bridgehead atoms. The normalized spacial score (nSPS) is 10.8. The summed E-state index contributed by atoms with van der Waals surface area (Å²) in [5.74, 6) is -0.187. The number of nitrogen functional groups attached to an aromatic ring is 1. The summed E-state index contributed by atoms with van der Waals surface area (Å²) in [5, 5.41) is 6.15. The minimum absolute atomic E-state index is 0.187. The number of nitrogens with two attached hydrogens (primary N) is 1. The molecule has 0 atom stereocenters. The molecular formula is C13H10ClN3OS2. The monoisotopic (exact) mass is 323 g/mol. The van der Waals surface area contributed by atoms with Gasteiger partial charge in [0.2, 0.25) is 0 Å². The largest absolute Gasteiger partial charge is 0.397 e. The quantitative estimate of drug-likeness (QED) is 0.775. The van der Waals surface area contributed by atoms with Crippen LogP contribution in [0.2, 0.25) is 5.02 Å². The third-order valence-corrected chi connectivity index (χ3v) is 4.86. The van der Waals surface area contributed by atoms with Crippen LogP contribution in [0.15, 0.2) is 29.1 Å². The highest BCUT2D eigenvalue weighted by atomic mass is 35.5. The molecule has 4 nitrogen and oxygen atoms in total. The molecule has 0 radical (unpaired) electrons. The Morgan fingerprint density at radius 3 is 3.05 bits per heavy atom. The van der Waals surface area contributed by atoms with Gasteiger partial charge in [0.15, 0.2) is 0 Å². The van der Waals surface area contributed by atoms with Crippen molar-refractivity contribution in [2.75, 3.05) is 5.73 Å². The SMILES string of the molecule is Nc1c(C(=O)NCc2cscn2)sc2ccc(Cl)cc12. The van der Waals surface area contributed by atoms with Crippen molar-refractivity contribution >= 4 is 56.0 Å². The van der Waals surface area contributed by atoms with E-state index in [4.69, 9.17) is 17.3 Å². The number of fused-ring (bicyclic) bond motifs is 1. The predicted molar refractivity (Wildman–Crippen MR) is 84.5 cm³/mol. The number of carbonyl (C=O) groups excluding carboxylic acids is 1. The van der Waals surface area contributed by atoms with Crippen molar-refractivity contribution in [1.82, 2.24) is 10.3 Å². The van der Waals surface area contributed by atoms with Crippen LogP contribution >= 0.6 is 34.3 Å². The molecular weight excluding hydrogens is 314 g/mol. The standard InChI is InChI=1S/C13H10ClN3OS2/c14-7-1-2-10-9(3-7)11(15)12(20-10)13(18)16-4-8-5-19-6-17-8/h1-3,5-6H,4,15H2,(H,16,18). The van der Waals surface area contributed by atoms with Gasteiger partial charge < -0.3 is 11.1 Å². The zero-order valence-electron chi connectivity index (χ0n) is 10.2. The van der Waals surface area contributed by atoms with E-state index in [1.54, 1.807) is 17.6 Å². The van der Waals surface area contributed by atoms with Gasteiger partial charge in [0, 0.05) is 20.5 Å². The lowest BCUT2D eigenvalue weighted by Crippen LogP contribution is -2.22. The number of aromatic nitrogens is 1. The number of rotatable bonds is 3. The van der Waals surface area contributed by atoms with E-state index >= 15 is 0 Å². The average molecular weight is 324 g/mol. The predicted octanol–water partition coefficient (Wildman–Crippen LogP) is 3.52. The first-order chi connectivity index (χ1) is 9.65. The molecule has 2 heterocycles. The van der Waals surface area contributed by atoms with Crippen LogP contribution in [0.5, 0.6) is 0 Å². The average Bonchev–Trinajstić information content (AvgIpc) is 3.05. The molecule has 3 aromatic rings. The number of nitrogens with zero attached hydrogens (tertiary/aromatic N) is 1. The molecule has 0 aliphatic heterocycles. The molecule has 2 aromatic heterocycles. The van der Waals surface area contributed by atoms with Gasteiger partial charge in [-0.1, -0.05) is 11.6 Å². The van der Waals surface area contributed by atoms with E-state index < -0.39 is 0 Å². The Hall–Kier alpha value is -1.63. The van der Waals surface area contributed by atoms with Crippen molar-refractivity contribution in [2.45, 2.75) is 6.54 Å². The molecule has 1 aromatic carbocycles. The van der Waals surface area contributed by atoms with E-state index in [1.807, 2.05) is 11.4 Å². The molecule has 1 amide bonds. The lowest BCUT2D eigenvalue weighted by molar-refractivity contribution is 0.0955. The first-order valence-corrected chi connectivity index (χ1v) is 7.91. The molecule has 7 heteroatoms. The maximum atomic E-state index is 12.2.